The predicted molar refractivity (Wildman–Crippen MR) is 119 cm³/mol. The van der Waals surface area contributed by atoms with Crippen molar-refractivity contribution in [1.29, 1.82) is 0 Å². The number of nitrogens with zero attached hydrogens (tertiary/aromatic N) is 1. The summed E-state index contributed by atoms with van der Waals surface area (Å²) in [5, 5.41) is 2.62. The van der Waals surface area contributed by atoms with Gasteiger partial charge in [0.25, 0.3) is 5.91 Å². The van der Waals surface area contributed by atoms with Gasteiger partial charge in [-0.1, -0.05) is 42.8 Å². The molecule has 1 N–H and O–H groups in total. The lowest BCUT2D eigenvalue weighted by Crippen LogP contribution is -2.23. The number of hydrogen-bond donors (Lipinski definition) is 1. The Morgan fingerprint density at radius 1 is 1.00 bits per heavy atom. The summed E-state index contributed by atoms with van der Waals surface area (Å²) >= 11 is 0. The highest BCUT2D eigenvalue weighted by Crippen LogP contribution is 2.28. The van der Waals surface area contributed by atoms with Gasteiger partial charge in [0, 0.05) is 18.3 Å². The number of nitrogens with one attached hydrogen (secondary N) is 1. The van der Waals surface area contributed by atoms with Crippen molar-refractivity contribution < 1.29 is 26.4 Å². The third-order valence-electron chi connectivity index (χ3n) is 4.95. The Morgan fingerprint density at radius 3 is 2.27 bits per heavy atom. The molecule has 0 aliphatic carbocycles. The molecule has 3 aromatic rings. The summed E-state index contributed by atoms with van der Waals surface area (Å²) in [5.41, 5.74) is 1.88. The van der Waals surface area contributed by atoms with Crippen LogP contribution in [0.15, 0.2) is 65.7 Å². The van der Waals surface area contributed by atoms with Crippen LogP contribution < -0.4 is 5.32 Å². The minimum Gasteiger partial charge on any atom is -0.348 e. The molecule has 1 aromatic heterocycles. The van der Waals surface area contributed by atoms with Crippen LogP contribution in [-0.2, 0) is 22.6 Å². The number of carbonyl (C=O) groups excluding carboxylic acids is 1. The summed E-state index contributed by atoms with van der Waals surface area (Å²) in [7, 11) is -3.59. The van der Waals surface area contributed by atoms with Crippen molar-refractivity contribution in [3.8, 4) is 11.1 Å². The van der Waals surface area contributed by atoms with Crippen LogP contribution in [0.2, 0.25) is 0 Å². The van der Waals surface area contributed by atoms with Crippen molar-refractivity contribution in [2.45, 2.75) is 37.9 Å². The van der Waals surface area contributed by atoms with Gasteiger partial charge in [0.15, 0.2) is 9.84 Å². The maximum absolute atomic E-state index is 12.8. The molecule has 2 aromatic carbocycles. The smallest absolute Gasteiger partial charge is 0.348 e. The molecule has 1 amide bonds. The molecule has 33 heavy (non-hydrogen) atoms. The van der Waals surface area contributed by atoms with Crippen molar-refractivity contribution in [2.75, 3.05) is 5.75 Å². The number of aromatic nitrogens is 1. The average Bonchev–Trinajstić information content (AvgIpc) is 2.77. The molecule has 0 saturated heterocycles. The third kappa shape index (κ3) is 6.19. The van der Waals surface area contributed by atoms with Crippen LogP contribution in [0.5, 0.6) is 0 Å². The fourth-order valence-corrected chi connectivity index (χ4v) is 4.58. The van der Waals surface area contributed by atoms with E-state index < -0.39 is 27.6 Å². The van der Waals surface area contributed by atoms with Crippen LogP contribution in [0.25, 0.3) is 11.1 Å². The normalized spacial score (nSPS) is 11.9. The van der Waals surface area contributed by atoms with Crippen LogP contribution in [0.1, 0.15) is 40.5 Å². The minimum absolute atomic E-state index is 0.0452. The summed E-state index contributed by atoms with van der Waals surface area (Å²) in [6, 6.07) is 14.0. The van der Waals surface area contributed by atoms with Gasteiger partial charge in [-0.25, -0.2) is 8.42 Å². The van der Waals surface area contributed by atoms with E-state index in [-0.39, 0.29) is 22.8 Å². The number of carbonyl (C=O) groups is 1. The fourth-order valence-electron chi connectivity index (χ4n) is 3.19. The maximum atomic E-state index is 12.8. The molecule has 9 heteroatoms. The number of rotatable bonds is 7. The minimum atomic E-state index is -4.54. The van der Waals surface area contributed by atoms with Crippen LogP contribution >= 0.6 is 0 Å². The molecule has 174 valence electrons. The number of pyridine rings is 1. The molecule has 0 radical (unpaired) electrons. The summed E-state index contributed by atoms with van der Waals surface area (Å²) in [6.07, 6.45) is -3.07. The number of halogens is 3. The Balaban J connectivity index is 1.89. The van der Waals surface area contributed by atoms with Gasteiger partial charge in [-0.2, -0.15) is 13.2 Å². The van der Waals surface area contributed by atoms with E-state index in [1.54, 1.807) is 19.1 Å². The molecule has 0 atom stereocenters. The van der Waals surface area contributed by atoms with E-state index in [0.717, 1.165) is 23.4 Å². The molecule has 0 aliphatic heterocycles. The van der Waals surface area contributed by atoms with Gasteiger partial charge in [0.1, 0.15) is 5.69 Å². The van der Waals surface area contributed by atoms with Crippen molar-refractivity contribution in [3.63, 3.8) is 0 Å². The van der Waals surface area contributed by atoms with E-state index in [9.17, 15) is 26.4 Å². The number of benzene rings is 2. The number of hydrogen-bond acceptors (Lipinski definition) is 4. The van der Waals surface area contributed by atoms with Gasteiger partial charge >= 0.3 is 6.18 Å². The van der Waals surface area contributed by atoms with Crippen molar-refractivity contribution in [3.05, 3.63) is 83.2 Å². The van der Waals surface area contributed by atoms with E-state index >= 15 is 0 Å². The second kappa shape index (κ2) is 9.74. The van der Waals surface area contributed by atoms with Crippen molar-refractivity contribution >= 4 is 15.7 Å². The van der Waals surface area contributed by atoms with Crippen LogP contribution in [-0.4, -0.2) is 25.1 Å². The largest absolute Gasteiger partial charge is 0.433 e. The van der Waals surface area contributed by atoms with Gasteiger partial charge in [0.2, 0.25) is 0 Å². The first kappa shape index (κ1) is 24.4. The highest BCUT2D eigenvalue weighted by molar-refractivity contribution is 7.91. The fraction of sp³-hybridized carbons (Fsp3) is 0.250. The standard InChI is InChI=1S/C24H23F3N2O3S/c1-3-10-33(31,32)21-12-19(18-7-4-16(2)5-8-18)11-20(13-21)23(30)29-15-17-6-9-22(28-14-17)24(25,26)27/h4-9,11-14H,3,10,15H2,1-2H3,(H,29,30). The zero-order chi connectivity index (χ0) is 24.2. The number of amides is 1. The van der Waals surface area contributed by atoms with Crippen LogP contribution in [0, 0.1) is 6.92 Å². The van der Waals surface area contributed by atoms with Crippen LogP contribution in [0.4, 0.5) is 13.2 Å². The quantitative estimate of drug-likeness (QED) is 0.509. The Bertz CT molecular complexity index is 1240. The average molecular weight is 477 g/mol. The van der Waals surface area contributed by atoms with Crippen molar-refractivity contribution in [1.82, 2.24) is 10.3 Å². The second-order valence-electron chi connectivity index (χ2n) is 7.66. The summed E-state index contributed by atoms with van der Waals surface area (Å²) in [4.78, 5) is 16.2. The van der Waals surface area contributed by atoms with Gasteiger partial charge < -0.3 is 5.32 Å². The highest BCUT2D eigenvalue weighted by atomic mass is 32.2. The number of alkyl halides is 3. The SMILES string of the molecule is CCCS(=O)(=O)c1cc(C(=O)NCc2ccc(C(F)(F)F)nc2)cc(-c2ccc(C)cc2)c1. The van der Waals surface area contributed by atoms with Crippen molar-refractivity contribution in [2.24, 2.45) is 0 Å². The highest BCUT2D eigenvalue weighted by Gasteiger charge is 2.32. The molecule has 0 fully saturated rings. The molecule has 0 aliphatic rings. The Hall–Kier alpha value is -3.20. The zero-order valence-electron chi connectivity index (χ0n) is 18.1. The van der Waals surface area contributed by atoms with E-state index in [0.29, 0.717) is 17.5 Å². The van der Waals surface area contributed by atoms with Gasteiger partial charge in [-0.05, 0) is 54.3 Å². The molecule has 0 unspecified atom stereocenters. The summed E-state index contributed by atoms with van der Waals surface area (Å²) < 4.78 is 63.4. The number of sulfone groups is 1. The Kier molecular flexibility index (Phi) is 7.22. The zero-order valence-corrected chi connectivity index (χ0v) is 18.9. The van der Waals surface area contributed by atoms with E-state index in [1.807, 2.05) is 31.2 Å². The molecular weight excluding hydrogens is 453 g/mol. The van der Waals surface area contributed by atoms with Crippen LogP contribution in [0.3, 0.4) is 0 Å². The topological polar surface area (TPSA) is 76.1 Å². The third-order valence-corrected chi connectivity index (χ3v) is 6.85. The molecule has 1 heterocycles. The molecule has 0 spiro atoms. The lowest BCUT2D eigenvalue weighted by atomic mass is 10.0. The van der Waals surface area contributed by atoms with Gasteiger partial charge in [-0.15, -0.1) is 0 Å². The molecular formula is C24H23F3N2O3S. The first-order chi connectivity index (χ1) is 15.5. The van der Waals surface area contributed by atoms with Gasteiger partial charge in [0.05, 0.1) is 10.6 Å². The molecule has 5 nitrogen and oxygen atoms in total. The lowest BCUT2D eigenvalue weighted by molar-refractivity contribution is -0.141. The maximum Gasteiger partial charge on any atom is 0.433 e. The Labute approximate surface area is 190 Å². The molecule has 3 rings (SSSR count). The summed E-state index contributed by atoms with van der Waals surface area (Å²) in [5.74, 6) is -0.598. The van der Waals surface area contributed by atoms with E-state index in [2.05, 4.69) is 10.3 Å². The first-order valence-electron chi connectivity index (χ1n) is 10.2. The molecule has 0 bridgehead atoms. The lowest BCUT2D eigenvalue weighted by Gasteiger charge is -2.12. The van der Waals surface area contributed by atoms with Gasteiger partial charge in [-0.3, -0.25) is 9.78 Å². The van der Waals surface area contributed by atoms with E-state index in [4.69, 9.17) is 0 Å². The Morgan fingerprint density at radius 2 is 1.70 bits per heavy atom. The predicted octanol–water partition coefficient (Wildman–Crippen LogP) is 5.19. The summed E-state index contributed by atoms with van der Waals surface area (Å²) in [6.45, 7) is 3.63. The monoisotopic (exact) mass is 476 g/mol. The molecule has 0 saturated carbocycles. The second-order valence-corrected chi connectivity index (χ2v) is 9.77. The number of aryl methyl sites for hydroxylation is 1. The van der Waals surface area contributed by atoms with E-state index in [1.165, 1.54) is 12.1 Å². The first-order valence-corrected chi connectivity index (χ1v) is 11.9.